The first-order valence-electron chi connectivity index (χ1n) is 7.57. The zero-order chi connectivity index (χ0) is 16.3. The number of aryl methyl sites for hydroxylation is 1. The summed E-state index contributed by atoms with van der Waals surface area (Å²) in [6, 6.07) is 5.91. The zero-order valence-electron chi connectivity index (χ0n) is 13.0. The Bertz CT molecular complexity index is 788. The van der Waals surface area contributed by atoms with Crippen LogP contribution in [0.2, 0.25) is 0 Å². The van der Waals surface area contributed by atoms with Crippen molar-refractivity contribution in [3.63, 3.8) is 0 Å². The Morgan fingerprint density at radius 3 is 2.83 bits per heavy atom. The average molecular weight is 336 g/mol. The quantitative estimate of drug-likeness (QED) is 0.877. The second kappa shape index (κ2) is 6.77. The van der Waals surface area contributed by atoms with E-state index in [4.69, 9.17) is 4.74 Å². The highest BCUT2D eigenvalue weighted by molar-refractivity contribution is 7.89. The van der Waals surface area contributed by atoms with Crippen molar-refractivity contribution in [1.29, 1.82) is 0 Å². The van der Waals surface area contributed by atoms with Crippen LogP contribution in [0.15, 0.2) is 24.5 Å². The normalized spacial score (nSPS) is 16.6. The Morgan fingerprint density at radius 2 is 2.04 bits per heavy atom. The maximum Gasteiger partial charge on any atom is 0.215 e. The molecule has 1 fully saturated rings. The summed E-state index contributed by atoms with van der Waals surface area (Å²) in [7, 11) is -3.27. The van der Waals surface area contributed by atoms with Gasteiger partial charge in [-0.05, 0) is 19.1 Å². The Kier molecular flexibility index (Phi) is 4.74. The standard InChI is InChI=1S/C15H20N4O3S/c1-12-2-3-14-13(10-12)15(18-11-17-14)16-4-9-23(20,21)19-5-7-22-8-6-19/h2-3,10-11H,4-9H2,1H3,(H,16,17,18). The highest BCUT2D eigenvalue weighted by Crippen LogP contribution is 2.20. The zero-order valence-corrected chi connectivity index (χ0v) is 13.8. The Balaban J connectivity index is 1.68. The minimum Gasteiger partial charge on any atom is -0.379 e. The van der Waals surface area contributed by atoms with Gasteiger partial charge in [0.1, 0.15) is 12.1 Å². The average Bonchev–Trinajstić information content (AvgIpc) is 2.56. The SMILES string of the molecule is Cc1ccc2ncnc(NCCS(=O)(=O)N3CCOCC3)c2c1. The van der Waals surface area contributed by atoms with Gasteiger partial charge in [-0.25, -0.2) is 18.4 Å². The fourth-order valence-electron chi connectivity index (χ4n) is 2.56. The summed E-state index contributed by atoms with van der Waals surface area (Å²) in [6.45, 7) is 4.08. The number of aromatic nitrogens is 2. The summed E-state index contributed by atoms with van der Waals surface area (Å²) in [6.07, 6.45) is 1.48. The predicted molar refractivity (Wildman–Crippen MR) is 88.9 cm³/mol. The number of hydrogen-bond donors (Lipinski definition) is 1. The van der Waals surface area contributed by atoms with Gasteiger partial charge in [0.15, 0.2) is 0 Å². The van der Waals surface area contributed by atoms with E-state index in [1.807, 2.05) is 25.1 Å². The molecule has 0 unspecified atom stereocenters. The molecule has 1 aromatic heterocycles. The van der Waals surface area contributed by atoms with E-state index in [-0.39, 0.29) is 5.75 Å². The minimum atomic E-state index is -3.27. The molecule has 0 saturated carbocycles. The number of fused-ring (bicyclic) bond motifs is 1. The van der Waals surface area contributed by atoms with Gasteiger partial charge in [0.05, 0.1) is 24.5 Å². The summed E-state index contributed by atoms with van der Waals surface area (Å²) < 4.78 is 31.3. The summed E-state index contributed by atoms with van der Waals surface area (Å²) >= 11 is 0. The van der Waals surface area contributed by atoms with Crippen molar-refractivity contribution >= 4 is 26.7 Å². The maximum absolute atomic E-state index is 12.3. The molecule has 0 aliphatic carbocycles. The molecule has 1 saturated heterocycles. The molecule has 1 aromatic carbocycles. The van der Waals surface area contributed by atoms with E-state index in [1.54, 1.807) is 0 Å². The topological polar surface area (TPSA) is 84.4 Å². The number of anilines is 1. The summed E-state index contributed by atoms with van der Waals surface area (Å²) in [4.78, 5) is 8.45. The molecule has 7 nitrogen and oxygen atoms in total. The highest BCUT2D eigenvalue weighted by Gasteiger charge is 2.23. The first-order valence-corrected chi connectivity index (χ1v) is 9.18. The number of hydrogen-bond acceptors (Lipinski definition) is 6. The van der Waals surface area contributed by atoms with Gasteiger partial charge in [-0.3, -0.25) is 0 Å². The minimum absolute atomic E-state index is 0.0321. The first-order chi connectivity index (χ1) is 11.1. The van der Waals surface area contributed by atoms with Crippen LogP contribution in [-0.2, 0) is 14.8 Å². The van der Waals surface area contributed by atoms with Gasteiger partial charge in [0, 0.05) is 25.0 Å². The third kappa shape index (κ3) is 3.77. The van der Waals surface area contributed by atoms with E-state index in [0.717, 1.165) is 16.5 Å². The van der Waals surface area contributed by atoms with E-state index in [0.29, 0.717) is 38.7 Å². The highest BCUT2D eigenvalue weighted by atomic mass is 32.2. The van der Waals surface area contributed by atoms with Crippen molar-refractivity contribution in [3.8, 4) is 0 Å². The predicted octanol–water partition coefficient (Wildman–Crippen LogP) is 1.01. The maximum atomic E-state index is 12.3. The van der Waals surface area contributed by atoms with Crippen LogP contribution in [0.25, 0.3) is 10.9 Å². The van der Waals surface area contributed by atoms with Crippen LogP contribution >= 0.6 is 0 Å². The second-order valence-electron chi connectivity index (χ2n) is 5.50. The van der Waals surface area contributed by atoms with E-state index in [1.165, 1.54) is 10.6 Å². The smallest absolute Gasteiger partial charge is 0.215 e. The van der Waals surface area contributed by atoms with E-state index in [2.05, 4.69) is 15.3 Å². The first kappa shape index (κ1) is 16.1. The molecule has 0 amide bonds. The van der Waals surface area contributed by atoms with E-state index in [9.17, 15) is 8.42 Å². The number of ether oxygens (including phenoxy) is 1. The van der Waals surface area contributed by atoms with Gasteiger partial charge < -0.3 is 10.1 Å². The lowest BCUT2D eigenvalue weighted by atomic mass is 10.1. The lowest BCUT2D eigenvalue weighted by Crippen LogP contribution is -2.42. The number of benzene rings is 1. The van der Waals surface area contributed by atoms with Crippen LogP contribution in [0, 0.1) is 6.92 Å². The summed E-state index contributed by atoms with van der Waals surface area (Å²) in [5, 5.41) is 4.02. The van der Waals surface area contributed by atoms with Crippen LogP contribution in [0.1, 0.15) is 5.56 Å². The molecule has 8 heteroatoms. The van der Waals surface area contributed by atoms with Crippen LogP contribution < -0.4 is 5.32 Å². The molecular formula is C15H20N4O3S. The van der Waals surface area contributed by atoms with Gasteiger partial charge in [0.2, 0.25) is 10.0 Å². The number of morpholine rings is 1. The van der Waals surface area contributed by atoms with Crippen molar-refractivity contribution in [2.45, 2.75) is 6.92 Å². The molecule has 1 aliphatic rings. The molecule has 2 aromatic rings. The van der Waals surface area contributed by atoms with Crippen LogP contribution in [0.5, 0.6) is 0 Å². The van der Waals surface area contributed by atoms with Crippen LogP contribution in [0.4, 0.5) is 5.82 Å². The van der Waals surface area contributed by atoms with Crippen molar-refractivity contribution < 1.29 is 13.2 Å². The Morgan fingerprint density at radius 1 is 1.26 bits per heavy atom. The number of rotatable bonds is 5. The molecule has 0 bridgehead atoms. The van der Waals surface area contributed by atoms with Crippen molar-refractivity contribution in [2.75, 3.05) is 43.9 Å². The third-order valence-corrected chi connectivity index (χ3v) is 5.68. The number of nitrogens with one attached hydrogen (secondary N) is 1. The molecule has 3 rings (SSSR count). The van der Waals surface area contributed by atoms with Gasteiger partial charge >= 0.3 is 0 Å². The third-order valence-electron chi connectivity index (χ3n) is 3.81. The van der Waals surface area contributed by atoms with E-state index >= 15 is 0 Å². The Labute approximate surface area is 135 Å². The fourth-order valence-corrected chi connectivity index (χ4v) is 3.89. The second-order valence-corrected chi connectivity index (χ2v) is 7.59. The monoisotopic (exact) mass is 336 g/mol. The molecule has 23 heavy (non-hydrogen) atoms. The molecule has 2 heterocycles. The van der Waals surface area contributed by atoms with Gasteiger partial charge in [0.25, 0.3) is 0 Å². The number of nitrogens with zero attached hydrogens (tertiary/aromatic N) is 3. The van der Waals surface area contributed by atoms with Crippen LogP contribution in [0.3, 0.4) is 0 Å². The molecule has 1 aliphatic heterocycles. The molecule has 124 valence electrons. The van der Waals surface area contributed by atoms with Crippen molar-refractivity contribution in [3.05, 3.63) is 30.1 Å². The van der Waals surface area contributed by atoms with E-state index < -0.39 is 10.0 Å². The Hall–Kier alpha value is -1.77. The molecule has 0 radical (unpaired) electrons. The number of sulfonamides is 1. The molecule has 0 spiro atoms. The van der Waals surface area contributed by atoms with Gasteiger partial charge in [-0.2, -0.15) is 4.31 Å². The lowest BCUT2D eigenvalue weighted by molar-refractivity contribution is 0.0731. The summed E-state index contributed by atoms with van der Waals surface area (Å²) in [5.74, 6) is 0.695. The van der Waals surface area contributed by atoms with Crippen molar-refractivity contribution in [2.24, 2.45) is 0 Å². The van der Waals surface area contributed by atoms with Crippen LogP contribution in [-0.4, -0.2) is 61.3 Å². The van der Waals surface area contributed by atoms with Gasteiger partial charge in [-0.15, -0.1) is 0 Å². The van der Waals surface area contributed by atoms with Crippen molar-refractivity contribution in [1.82, 2.24) is 14.3 Å². The lowest BCUT2D eigenvalue weighted by Gasteiger charge is -2.26. The summed E-state index contributed by atoms with van der Waals surface area (Å²) in [5.41, 5.74) is 1.94. The fraction of sp³-hybridized carbons (Fsp3) is 0.467. The largest absolute Gasteiger partial charge is 0.379 e. The molecular weight excluding hydrogens is 316 g/mol. The molecule has 0 atom stereocenters. The van der Waals surface area contributed by atoms with Gasteiger partial charge in [-0.1, -0.05) is 11.6 Å². The molecule has 1 N–H and O–H groups in total.